The minimum absolute atomic E-state index is 0.266. The molecule has 2 rings (SSSR count). The van der Waals surface area contributed by atoms with Gasteiger partial charge in [0.1, 0.15) is 11.6 Å². The van der Waals surface area contributed by atoms with Crippen LogP contribution < -0.4 is 5.32 Å². The summed E-state index contributed by atoms with van der Waals surface area (Å²) < 4.78 is 1.68. The molecule has 2 N–H and O–H groups in total. The molecule has 2 heterocycles. The zero-order chi connectivity index (χ0) is 16.3. The molecule has 0 aliphatic carbocycles. The minimum Gasteiger partial charge on any atom is -0.386 e. The van der Waals surface area contributed by atoms with Gasteiger partial charge in [0, 0.05) is 43.0 Å². The highest BCUT2D eigenvalue weighted by Gasteiger charge is 2.13. The van der Waals surface area contributed by atoms with Crippen molar-refractivity contribution < 1.29 is 5.11 Å². The predicted molar refractivity (Wildman–Crippen MR) is 86.9 cm³/mol. The van der Waals surface area contributed by atoms with Gasteiger partial charge in [-0.1, -0.05) is 27.7 Å². The average Bonchev–Trinajstić information content (AvgIpc) is 2.91. The number of aromatic nitrogens is 4. The second-order valence-electron chi connectivity index (χ2n) is 6.19. The number of aliphatic hydroxyl groups excluding tert-OH is 1. The van der Waals surface area contributed by atoms with Crippen LogP contribution in [0.15, 0.2) is 18.5 Å². The lowest BCUT2D eigenvalue weighted by atomic mass is 10.1. The topological polar surface area (TPSA) is 75.9 Å². The summed E-state index contributed by atoms with van der Waals surface area (Å²) in [5, 5.41) is 17.5. The molecule has 0 fully saturated rings. The molecule has 22 heavy (non-hydrogen) atoms. The molecule has 1 atom stereocenters. The number of hydrogen-bond acceptors (Lipinski definition) is 5. The van der Waals surface area contributed by atoms with Crippen LogP contribution in [0.5, 0.6) is 0 Å². The third-order valence-corrected chi connectivity index (χ3v) is 3.46. The Morgan fingerprint density at radius 3 is 2.45 bits per heavy atom. The Balaban J connectivity index is 2.11. The maximum atomic E-state index is 10.2. The molecule has 2 aromatic rings. The smallest absolute Gasteiger partial charge is 0.133 e. The molecule has 0 aromatic carbocycles. The van der Waals surface area contributed by atoms with Crippen LogP contribution in [-0.4, -0.2) is 31.4 Å². The molecule has 1 unspecified atom stereocenters. The highest BCUT2D eigenvalue weighted by Crippen LogP contribution is 2.20. The lowest BCUT2D eigenvalue weighted by Gasteiger charge is -2.15. The molecular weight excluding hydrogens is 278 g/mol. The quantitative estimate of drug-likeness (QED) is 0.858. The van der Waals surface area contributed by atoms with E-state index in [1.54, 1.807) is 10.9 Å². The van der Waals surface area contributed by atoms with Crippen LogP contribution in [0.1, 0.15) is 62.7 Å². The molecule has 0 bridgehead atoms. The Bertz CT molecular complexity index is 594. The van der Waals surface area contributed by atoms with E-state index in [2.05, 4.69) is 48.1 Å². The first-order valence-electron chi connectivity index (χ1n) is 7.66. The van der Waals surface area contributed by atoms with Crippen LogP contribution in [0.2, 0.25) is 0 Å². The summed E-state index contributed by atoms with van der Waals surface area (Å²) in [7, 11) is 1.83. The Morgan fingerprint density at radius 2 is 1.91 bits per heavy atom. The third kappa shape index (κ3) is 4.04. The number of hydrogen-bond donors (Lipinski definition) is 2. The van der Waals surface area contributed by atoms with Gasteiger partial charge in [-0.3, -0.25) is 4.68 Å². The lowest BCUT2D eigenvalue weighted by Crippen LogP contribution is -2.14. The highest BCUT2D eigenvalue weighted by molar-refractivity contribution is 5.38. The van der Waals surface area contributed by atoms with Crippen LogP contribution in [0.4, 0.5) is 5.82 Å². The predicted octanol–water partition coefficient (Wildman–Crippen LogP) is 2.60. The fourth-order valence-electron chi connectivity index (χ4n) is 2.06. The number of nitrogens with zero attached hydrogens (tertiary/aromatic N) is 4. The Hall–Kier alpha value is -1.95. The second kappa shape index (κ2) is 6.87. The highest BCUT2D eigenvalue weighted by atomic mass is 16.3. The first kappa shape index (κ1) is 16.4. The van der Waals surface area contributed by atoms with Gasteiger partial charge >= 0.3 is 0 Å². The van der Waals surface area contributed by atoms with E-state index in [1.807, 2.05) is 19.3 Å². The molecule has 0 aliphatic rings. The van der Waals surface area contributed by atoms with Crippen LogP contribution >= 0.6 is 0 Å². The zero-order valence-electron chi connectivity index (χ0n) is 13.9. The van der Waals surface area contributed by atoms with E-state index in [-0.39, 0.29) is 5.92 Å². The van der Waals surface area contributed by atoms with Gasteiger partial charge in [-0.2, -0.15) is 5.10 Å². The molecule has 0 spiro atoms. The van der Waals surface area contributed by atoms with E-state index < -0.39 is 6.10 Å². The number of anilines is 1. The number of rotatable bonds is 6. The number of aryl methyl sites for hydroxylation is 1. The summed E-state index contributed by atoms with van der Waals surface area (Å²) >= 11 is 0. The number of nitrogens with one attached hydrogen (secondary N) is 1. The van der Waals surface area contributed by atoms with E-state index >= 15 is 0 Å². The lowest BCUT2D eigenvalue weighted by molar-refractivity contribution is 0.191. The van der Waals surface area contributed by atoms with E-state index in [1.165, 1.54) is 0 Å². The van der Waals surface area contributed by atoms with Crippen LogP contribution in [0, 0.1) is 0 Å². The van der Waals surface area contributed by atoms with E-state index in [0.29, 0.717) is 12.5 Å². The summed E-state index contributed by atoms with van der Waals surface area (Å²) in [6.45, 7) is 8.76. The third-order valence-electron chi connectivity index (χ3n) is 3.46. The first-order chi connectivity index (χ1) is 10.4. The van der Waals surface area contributed by atoms with Crippen molar-refractivity contribution in [3.8, 4) is 0 Å². The molecule has 120 valence electrons. The van der Waals surface area contributed by atoms with Gasteiger partial charge in [-0.15, -0.1) is 0 Å². The average molecular weight is 303 g/mol. The summed E-state index contributed by atoms with van der Waals surface area (Å²) in [6, 6.07) is 1.95. The van der Waals surface area contributed by atoms with Crippen molar-refractivity contribution in [1.29, 1.82) is 0 Å². The maximum absolute atomic E-state index is 10.2. The first-order valence-corrected chi connectivity index (χ1v) is 7.66. The Labute approximate surface area is 131 Å². The summed E-state index contributed by atoms with van der Waals surface area (Å²) in [5.41, 5.74) is 1.80. The van der Waals surface area contributed by atoms with E-state index in [4.69, 9.17) is 0 Å². The molecule has 6 heteroatoms. The van der Waals surface area contributed by atoms with Gasteiger partial charge in [0.15, 0.2) is 0 Å². The standard InChI is InChI=1S/C16H25N5O/c1-10(2)13-6-15(20-16(19-13)11(3)4)17-8-14(22)12-7-18-21(5)9-12/h6-7,9-11,14,22H,8H2,1-5H3,(H,17,19,20). The van der Waals surface area contributed by atoms with Crippen molar-refractivity contribution in [2.45, 2.75) is 45.6 Å². The van der Waals surface area contributed by atoms with Crippen molar-refractivity contribution in [1.82, 2.24) is 19.7 Å². The molecule has 0 saturated carbocycles. The molecular formula is C16H25N5O. The van der Waals surface area contributed by atoms with Crippen molar-refractivity contribution in [2.75, 3.05) is 11.9 Å². The van der Waals surface area contributed by atoms with Gasteiger partial charge in [-0.05, 0) is 5.92 Å². The van der Waals surface area contributed by atoms with Crippen molar-refractivity contribution >= 4 is 5.82 Å². The molecule has 0 saturated heterocycles. The molecule has 0 radical (unpaired) electrons. The summed E-state index contributed by atoms with van der Waals surface area (Å²) in [5.74, 6) is 2.18. The molecule has 2 aromatic heterocycles. The van der Waals surface area contributed by atoms with Gasteiger partial charge in [0.25, 0.3) is 0 Å². The van der Waals surface area contributed by atoms with Crippen molar-refractivity contribution in [2.24, 2.45) is 7.05 Å². The van der Waals surface area contributed by atoms with Crippen molar-refractivity contribution in [3.63, 3.8) is 0 Å². The normalized spacial score (nSPS) is 12.9. The number of aliphatic hydroxyl groups is 1. The Morgan fingerprint density at radius 1 is 1.18 bits per heavy atom. The monoisotopic (exact) mass is 303 g/mol. The summed E-state index contributed by atoms with van der Waals surface area (Å²) in [6.07, 6.45) is 2.87. The molecule has 0 aliphatic heterocycles. The van der Waals surface area contributed by atoms with E-state index in [9.17, 15) is 5.11 Å². The maximum Gasteiger partial charge on any atom is 0.133 e. The van der Waals surface area contributed by atoms with Crippen molar-refractivity contribution in [3.05, 3.63) is 35.5 Å². The van der Waals surface area contributed by atoms with Crippen LogP contribution in [-0.2, 0) is 7.05 Å². The zero-order valence-corrected chi connectivity index (χ0v) is 13.9. The van der Waals surface area contributed by atoms with Crippen LogP contribution in [0.3, 0.4) is 0 Å². The largest absolute Gasteiger partial charge is 0.386 e. The van der Waals surface area contributed by atoms with Gasteiger partial charge in [0.05, 0.1) is 12.3 Å². The second-order valence-corrected chi connectivity index (χ2v) is 6.19. The molecule has 6 nitrogen and oxygen atoms in total. The molecule has 0 amide bonds. The van der Waals surface area contributed by atoms with Gasteiger partial charge in [0.2, 0.25) is 0 Å². The van der Waals surface area contributed by atoms with Gasteiger partial charge in [-0.25, -0.2) is 9.97 Å². The van der Waals surface area contributed by atoms with Gasteiger partial charge < -0.3 is 10.4 Å². The summed E-state index contributed by atoms with van der Waals surface area (Å²) in [4.78, 5) is 9.13. The van der Waals surface area contributed by atoms with Crippen LogP contribution in [0.25, 0.3) is 0 Å². The fraction of sp³-hybridized carbons (Fsp3) is 0.562. The SMILES string of the molecule is CC(C)c1cc(NCC(O)c2cnn(C)c2)nc(C(C)C)n1. The Kier molecular flexibility index (Phi) is 5.13. The fourth-order valence-corrected chi connectivity index (χ4v) is 2.06. The minimum atomic E-state index is -0.617. The van der Waals surface area contributed by atoms with E-state index in [0.717, 1.165) is 22.9 Å².